The lowest BCUT2D eigenvalue weighted by Gasteiger charge is -2.07. The first kappa shape index (κ1) is 16.5. The first-order chi connectivity index (χ1) is 10.4. The van der Waals surface area contributed by atoms with Gasteiger partial charge in [0, 0.05) is 11.8 Å². The fourth-order valence-electron chi connectivity index (χ4n) is 1.95. The predicted molar refractivity (Wildman–Crippen MR) is 84.8 cm³/mol. The Kier molecular flexibility index (Phi) is 5.16. The molecular weight excluding hydrogens is 325 g/mol. The van der Waals surface area contributed by atoms with E-state index in [1.165, 1.54) is 12.3 Å². The molecule has 0 N–H and O–H groups in total. The van der Waals surface area contributed by atoms with Crippen molar-refractivity contribution in [1.82, 2.24) is 4.98 Å². The molecule has 0 unspecified atom stereocenters. The number of carbonyl (C=O) groups excluding carboxylic acids is 2. The molecule has 0 saturated heterocycles. The first-order valence-electron chi connectivity index (χ1n) is 6.47. The second-order valence-corrected chi connectivity index (χ2v) is 5.58. The van der Waals surface area contributed by atoms with Crippen molar-refractivity contribution in [2.24, 2.45) is 0 Å². The summed E-state index contributed by atoms with van der Waals surface area (Å²) in [5, 5.41) is 0.251. The molecule has 4 nitrogen and oxygen atoms in total. The molecule has 0 spiro atoms. The molecule has 0 amide bonds. The Balaban J connectivity index is 2.04. The van der Waals surface area contributed by atoms with Crippen molar-refractivity contribution in [3.63, 3.8) is 0 Å². The third-order valence-corrected chi connectivity index (χ3v) is 3.73. The smallest absolute Gasteiger partial charge is 0.340 e. The number of aromatic nitrogens is 1. The SMILES string of the molecule is Cc1ccc(C(=O)COC(=O)c2cnc(Cl)c(Cl)c2)c(C)c1. The highest BCUT2D eigenvalue weighted by Gasteiger charge is 2.15. The molecule has 0 aliphatic heterocycles. The number of esters is 1. The van der Waals surface area contributed by atoms with Gasteiger partial charge in [0.05, 0.1) is 10.6 Å². The second-order valence-electron chi connectivity index (χ2n) is 4.81. The van der Waals surface area contributed by atoms with Crippen molar-refractivity contribution >= 4 is 35.0 Å². The number of ether oxygens (including phenoxy) is 1. The van der Waals surface area contributed by atoms with E-state index < -0.39 is 5.97 Å². The minimum absolute atomic E-state index is 0.101. The Bertz CT molecular complexity index is 744. The Labute approximate surface area is 138 Å². The average molecular weight is 338 g/mol. The van der Waals surface area contributed by atoms with Crippen molar-refractivity contribution in [3.8, 4) is 0 Å². The number of benzene rings is 1. The molecule has 0 aliphatic carbocycles. The number of carbonyl (C=O) groups is 2. The van der Waals surface area contributed by atoms with Gasteiger partial charge in [0.15, 0.2) is 6.61 Å². The number of pyridine rings is 1. The van der Waals surface area contributed by atoms with Crippen molar-refractivity contribution in [2.75, 3.05) is 6.61 Å². The van der Waals surface area contributed by atoms with E-state index in [9.17, 15) is 9.59 Å². The first-order valence-corrected chi connectivity index (χ1v) is 7.22. The number of nitrogens with zero attached hydrogens (tertiary/aromatic N) is 1. The normalized spacial score (nSPS) is 10.4. The molecule has 0 radical (unpaired) electrons. The Morgan fingerprint density at radius 2 is 1.91 bits per heavy atom. The van der Waals surface area contributed by atoms with Gasteiger partial charge < -0.3 is 4.74 Å². The highest BCUT2D eigenvalue weighted by Crippen LogP contribution is 2.20. The van der Waals surface area contributed by atoms with Crippen LogP contribution in [0.4, 0.5) is 0 Å². The molecule has 2 rings (SSSR count). The number of ketones is 1. The van der Waals surface area contributed by atoms with Crippen LogP contribution in [0, 0.1) is 13.8 Å². The van der Waals surface area contributed by atoms with E-state index in [4.69, 9.17) is 27.9 Å². The number of hydrogen-bond donors (Lipinski definition) is 0. The fraction of sp³-hybridized carbons (Fsp3) is 0.188. The van der Waals surface area contributed by atoms with Crippen LogP contribution in [0.2, 0.25) is 10.2 Å². The van der Waals surface area contributed by atoms with Crippen LogP contribution < -0.4 is 0 Å². The van der Waals surface area contributed by atoms with Crippen LogP contribution in [0.1, 0.15) is 31.8 Å². The summed E-state index contributed by atoms with van der Waals surface area (Å²) < 4.78 is 4.99. The fourth-order valence-corrected chi connectivity index (χ4v) is 2.22. The highest BCUT2D eigenvalue weighted by atomic mass is 35.5. The predicted octanol–water partition coefficient (Wildman–Crippen LogP) is 4.04. The lowest BCUT2D eigenvalue weighted by molar-refractivity contribution is 0.0474. The molecule has 114 valence electrons. The largest absolute Gasteiger partial charge is 0.454 e. The quantitative estimate of drug-likeness (QED) is 0.480. The second kappa shape index (κ2) is 6.90. The molecular formula is C16H13Cl2NO3. The lowest BCUT2D eigenvalue weighted by atomic mass is 10.0. The van der Waals surface area contributed by atoms with Crippen LogP contribution in [0.3, 0.4) is 0 Å². The molecule has 1 heterocycles. The average Bonchev–Trinajstić information content (AvgIpc) is 2.47. The van der Waals surface area contributed by atoms with Gasteiger partial charge in [-0.25, -0.2) is 9.78 Å². The Hall–Kier alpha value is -1.91. The van der Waals surface area contributed by atoms with Crippen LogP contribution in [0.5, 0.6) is 0 Å². The maximum atomic E-state index is 12.1. The van der Waals surface area contributed by atoms with E-state index in [-0.39, 0.29) is 28.1 Å². The summed E-state index contributed by atoms with van der Waals surface area (Å²) in [7, 11) is 0. The summed E-state index contributed by atoms with van der Waals surface area (Å²) in [4.78, 5) is 27.7. The van der Waals surface area contributed by atoms with Gasteiger partial charge in [0.1, 0.15) is 5.15 Å². The molecule has 0 bridgehead atoms. The van der Waals surface area contributed by atoms with Crippen molar-refractivity contribution in [2.45, 2.75) is 13.8 Å². The summed E-state index contributed by atoms with van der Waals surface area (Å²) in [6, 6.07) is 6.81. The van der Waals surface area contributed by atoms with Gasteiger partial charge in [0.25, 0.3) is 0 Å². The van der Waals surface area contributed by atoms with Crippen LogP contribution >= 0.6 is 23.2 Å². The van der Waals surface area contributed by atoms with Crippen molar-refractivity contribution in [1.29, 1.82) is 0 Å². The Morgan fingerprint density at radius 3 is 2.55 bits per heavy atom. The summed E-state index contributed by atoms with van der Waals surface area (Å²) in [6.45, 7) is 3.44. The van der Waals surface area contributed by atoms with Gasteiger partial charge in [-0.1, -0.05) is 47.0 Å². The lowest BCUT2D eigenvalue weighted by Crippen LogP contribution is -2.15. The van der Waals surface area contributed by atoms with Gasteiger partial charge >= 0.3 is 5.97 Å². The maximum Gasteiger partial charge on any atom is 0.340 e. The molecule has 6 heteroatoms. The van der Waals surface area contributed by atoms with Gasteiger partial charge in [-0.2, -0.15) is 0 Å². The van der Waals surface area contributed by atoms with Crippen LogP contribution in [0.25, 0.3) is 0 Å². The number of Topliss-reactive ketones (excluding diaryl/α,β-unsaturated/α-hetero) is 1. The molecule has 1 aromatic heterocycles. The molecule has 0 saturated carbocycles. The number of hydrogen-bond acceptors (Lipinski definition) is 4. The zero-order valence-electron chi connectivity index (χ0n) is 12.0. The van der Waals surface area contributed by atoms with E-state index in [0.29, 0.717) is 5.56 Å². The van der Waals surface area contributed by atoms with E-state index in [0.717, 1.165) is 11.1 Å². The third kappa shape index (κ3) is 3.84. The molecule has 2 aromatic rings. The van der Waals surface area contributed by atoms with E-state index in [1.54, 1.807) is 6.07 Å². The van der Waals surface area contributed by atoms with Gasteiger partial charge in [-0.15, -0.1) is 0 Å². The molecule has 1 aromatic carbocycles. The minimum atomic E-state index is -0.677. The summed E-state index contributed by atoms with van der Waals surface area (Å²) in [6.07, 6.45) is 1.25. The third-order valence-electron chi connectivity index (χ3n) is 3.05. The topological polar surface area (TPSA) is 56.3 Å². The van der Waals surface area contributed by atoms with Crippen LogP contribution in [-0.2, 0) is 4.74 Å². The molecule has 0 fully saturated rings. The van der Waals surface area contributed by atoms with E-state index in [2.05, 4.69) is 4.98 Å². The monoisotopic (exact) mass is 337 g/mol. The number of rotatable bonds is 4. The highest BCUT2D eigenvalue weighted by molar-refractivity contribution is 6.41. The number of halogens is 2. The van der Waals surface area contributed by atoms with Crippen LogP contribution in [0.15, 0.2) is 30.5 Å². The Morgan fingerprint density at radius 1 is 1.18 bits per heavy atom. The number of aryl methyl sites for hydroxylation is 2. The van der Waals surface area contributed by atoms with Crippen molar-refractivity contribution < 1.29 is 14.3 Å². The van der Waals surface area contributed by atoms with Crippen LogP contribution in [-0.4, -0.2) is 23.3 Å². The molecule has 22 heavy (non-hydrogen) atoms. The minimum Gasteiger partial charge on any atom is -0.454 e. The standard InChI is InChI=1S/C16H13Cl2NO3/c1-9-3-4-12(10(2)5-9)14(20)8-22-16(21)11-6-13(17)15(18)19-7-11/h3-7H,8H2,1-2H3. The van der Waals surface area contributed by atoms with Crippen molar-refractivity contribution in [3.05, 3.63) is 62.9 Å². The maximum absolute atomic E-state index is 12.1. The van der Waals surface area contributed by atoms with Gasteiger partial charge in [0.2, 0.25) is 5.78 Å². The molecule has 0 atom stereocenters. The summed E-state index contributed by atoms with van der Waals surface area (Å²) >= 11 is 11.5. The summed E-state index contributed by atoms with van der Waals surface area (Å²) in [5.41, 5.74) is 2.58. The van der Waals surface area contributed by atoms with Gasteiger partial charge in [-0.3, -0.25) is 4.79 Å². The van der Waals surface area contributed by atoms with Gasteiger partial charge in [-0.05, 0) is 25.5 Å². The molecule has 0 aliphatic rings. The zero-order chi connectivity index (χ0) is 16.3. The zero-order valence-corrected chi connectivity index (χ0v) is 13.5. The van der Waals surface area contributed by atoms with E-state index in [1.807, 2.05) is 26.0 Å². The summed E-state index contributed by atoms with van der Waals surface area (Å²) in [5.74, 6) is -0.942. The van der Waals surface area contributed by atoms with E-state index >= 15 is 0 Å².